The van der Waals surface area contributed by atoms with Gasteiger partial charge in [0, 0.05) is 30.3 Å². The van der Waals surface area contributed by atoms with Crippen molar-refractivity contribution >= 4 is 11.7 Å². The highest BCUT2D eigenvalue weighted by atomic mass is 19.4. The van der Waals surface area contributed by atoms with Gasteiger partial charge in [0.05, 0.1) is 24.9 Å². The summed E-state index contributed by atoms with van der Waals surface area (Å²) in [7, 11) is 0. The second-order valence-electron chi connectivity index (χ2n) is 9.45. The SMILES string of the molecule is C[C@H]1OCc2c3c(nc(N)c21)CCC(C(=O)N1CCCCC1)C3.OCc1cccc(C(F)(F)F)c1. The first-order chi connectivity index (χ1) is 16.7. The highest BCUT2D eigenvalue weighted by Crippen LogP contribution is 2.40. The number of alkyl halides is 3. The highest BCUT2D eigenvalue weighted by molar-refractivity contribution is 5.80. The molecule has 3 aliphatic rings. The van der Waals surface area contributed by atoms with Crippen molar-refractivity contribution < 1.29 is 27.8 Å². The van der Waals surface area contributed by atoms with Gasteiger partial charge in [-0.25, -0.2) is 4.98 Å². The van der Waals surface area contributed by atoms with E-state index in [4.69, 9.17) is 15.6 Å². The number of aryl methyl sites for hydroxylation is 1. The van der Waals surface area contributed by atoms with E-state index in [1.54, 1.807) is 0 Å². The molecule has 2 aliphatic heterocycles. The first kappa shape index (κ1) is 25.4. The molecule has 1 amide bonds. The number of anilines is 1. The Bertz CT molecular complexity index is 1070. The number of nitrogen functional groups attached to an aromatic ring is 1. The molecule has 3 N–H and O–H groups in total. The van der Waals surface area contributed by atoms with Crippen LogP contribution in [0.1, 0.15) is 72.2 Å². The van der Waals surface area contributed by atoms with Crippen LogP contribution in [0.2, 0.25) is 0 Å². The number of benzene rings is 1. The summed E-state index contributed by atoms with van der Waals surface area (Å²) < 4.78 is 41.8. The lowest BCUT2D eigenvalue weighted by Gasteiger charge is -2.33. The number of aliphatic hydroxyl groups is 1. The van der Waals surface area contributed by atoms with Gasteiger partial charge in [0.25, 0.3) is 0 Å². The van der Waals surface area contributed by atoms with E-state index in [9.17, 15) is 18.0 Å². The molecule has 1 fully saturated rings. The molecule has 0 radical (unpaired) electrons. The predicted molar refractivity (Wildman–Crippen MR) is 125 cm³/mol. The first-order valence-corrected chi connectivity index (χ1v) is 12.2. The van der Waals surface area contributed by atoms with Crippen LogP contribution < -0.4 is 5.73 Å². The average Bonchev–Trinajstić information content (AvgIpc) is 3.26. The number of halogens is 3. The summed E-state index contributed by atoms with van der Waals surface area (Å²) in [5.74, 6) is 1.06. The average molecular weight is 492 g/mol. The molecule has 1 unspecified atom stereocenters. The number of nitrogens with two attached hydrogens (primary N) is 1. The minimum atomic E-state index is -4.33. The van der Waals surface area contributed by atoms with Gasteiger partial charge >= 0.3 is 6.18 Å². The minimum Gasteiger partial charge on any atom is -0.392 e. The second kappa shape index (κ2) is 10.5. The fourth-order valence-corrected chi connectivity index (χ4v) is 5.21. The van der Waals surface area contributed by atoms with Crippen LogP contribution in [0.15, 0.2) is 24.3 Å². The first-order valence-electron chi connectivity index (χ1n) is 12.2. The maximum atomic E-state index is 12.8. The summed E-state index contributed by atoms with van der Waals surface area (Å²) in [6, 6.07) is 4.61. The molecule has 0 saturated carbocycles. The number of hydrogen-bond acceptors (Lipinski definition) is 5. The van der Waals surface area contributed by atoms with Crippen LogP contribution in [0.4, 0.5) is 19.0 Å². The van der Waals surface area contributed by atoms with Gasteiger partial charge in [0.15, 0.2) is 0 Å². The number of fused-ring (bicyclic) bond motifs is 3. The summed E-state index contributed by atoms with van der Waals surface area (Å²) in [6.07, 6.45) is 1.78. The van der Waals surface area contributed by atoms with E-state index < -0.39 is 11.7 Å². The van der Waals surface area contributed by atoms with E-state index in [2.05, 4.69) is 9.88 Å². The smallest absolute Gasteiger partial charge is 0.392 e. The molecule has 0 bridgehead atoms. The fourth-order valence-electron chi connectivity index (χ4n) is 5.21. The third-order valence-electron chi connectivity index (χ3n) is 7.09. The van der Waals surface area contributed by atoms with Crippen LogP contribution in [0, 0.1) is 5.92 Å². The van der Waals surface area contributed by atoms with Crippen molar-refractivity contribution in [2.45, 2.75) is 70.9 Å². The molecule has 1 aliphatic carbocycles. The van der Waals surface area contributed by atoms with Gasteiger partial charge in [-0.3, -0.25) is 4.79 Å². The zero-order valence-electron chi connectivity index (χ0n) is 19.9. The third kappa shape index (κ3) is 5.62. The molecule has 2 aromatic rings. The Morgan fingerprint density at radius 1 is 1.23 bits per heavy atom. The van der Waals surface area contributed by atoms with Crippen molar-refractivity contribution in [2.24, 2.45) is 5.92 Å². The molecule has 2 atom stereocenters. The number of carbonyl (C=O) groups is 1. The number of piperidine rings is 1. The summed E-state index contributed by atoms with van der Waals surface area (Å²) in [4.78, 5) is 19.5. The van der Waals surface area contributed by atoms with Gasteiger partial charge in [-0.05, 0) is 74.3 Å². The number of rotatable bonds is 2. The summed E-state index contributed by atoms with van der Waals surface area (Å²) in [5.41, 5.74) is 10.2. The zero-order chi connectivity index (χ0) is 25.2. The zero-order valence-corrected chi connectivity index (χ0v) is 19.9. The summed E-state index contributed by atoms with van der Waals surface area (Å²) >= 11 is 0. The lowest BCUT2D eigenvalue weighted by Crippen LogP contribution is -2.41. The lowest BCUT2D eigenvalue weighted by atomic mass is 9.82. The lowest BCUT2D eigenvalue weighted by molar-refractivity contribution is -0.138. The topological polar surface area (TPSA) is 88.7 Å². The van der Waals surface area contributed by atoms with Gasteiger partial charge in [-0.15, -0.1) is 0 Å². The molecule has 3 heterocycles. The van der Waals surface area contributed by atoms with E-state index in [-0.39, 0.29) is 24.2 Å². The highest BCUT2D eigenvalue weighted by Gasteiger charge is 2.35. The molecule has 9 heteroatoms. The van der Waals surface area contributed by atoms with Crippen molar-refractivity contribution in [3.63, 3.8) is 0 Å². The number of amides is 1. The van der Waals surface area contributed by atoms with Crippen LogP contribution in [0.5, 0.6) is 0 Å². The van der Waals surface area contributed by atoms with Gasteiger partial charge in [-0.2, -0.15) is 13.2 Å². The third-order valence-corrected chi connectivity index (χ3v) is 7.09. The van der Waals surface area contributed by atoms with Crippen LogP contribution in [-0.4, -0.2) is 34.0 Å². The van der Waals surface area contributed by atoms with Crippen molar-refractivity contribution in [1.29, 1.82) is 0 Å². The number of pyridine rings is 1. The Kier molecular flexibility index (Phi) is 7.66. The van der Waals surface area contributed by atoms with Gasteiger partial charge < -0.3 is 20.5 Å². The van der Waals surface area contributed by atoms with Crippen LogP contribution in [0.3, 0.4) is 0 Å². The molecular weight excluding hydrogens is 459 g/mol. The maximum absolute atomic E-state index is 12.8. The van der Waals surface area contributed by atoms with Gasteiger partial charge in [-0.1, -0.05) is 12.1 Å². The molecule has 190 valence electrons. The summed E-state index contributed by atoms with van der Waals surface area (Å²) in [5, 5.41) is 8.56. The summed E-state index contributed by atoms with van der Waals surface area (Å²) in [6.45, 7) is 4.12. The number of ether oxygens (including phenoxy) is 1. The van der Waals surface area contributed by atoms with Gasteiger partial charge in [0.2, 0.25) is 5.91 Å². The predicted octanol–water partition coefficient (Wildman–Crippen LogP) is 4.57. The molecule has 1 saturated heterocycles. The molecule has 6 nitrogen and oxygen atoms in total. The molecule has 1 aromatic heterocycles. The number of aliphatic hydroxyl groups excluding tert-OH is 1. The van der Waals surface area contributed by atoms with Gasteiger partial charge in [0.1, 0.15) is 5.82 Å². The van der Waals surface area contributed by atoms with Crippen LogP contribution in [0.25, 0.3) is 0 Å². The van der Waals surface area contributed by atoms with E-state index in [0.29, 0.717) is 18.3 Å². The van der Waals surface area contributed by atoms with Crippen molar-refractivity contribution in [3.8, 4) is 0 Å². The molecule has 35 heavy (non-hydrogen) atoms. The van der Waals surface area contributed by atoms with Crippen LogP contribution >= 0.6 is 0 Å². The number of carbonyl (C=O) groups excluding carboxylic acids is 1. The van der Waals surface area contributed by atoms with E-state index in [0.717, 1.165) is 68.6 Å². The van der Waals surface area contributed by atoms with Crippen molar-refractivity contribution in [1.82, 2.24) is 9.88 Å². The van der Waals surface area contributed by atoms with Crippen molar-refractivity contribution in [3.05, 3.63) is 57.8 Å². The molecule has 1 aromatic carbocycles. The number of aromatic nitrogens is 1. The van der Waals surface area contributed by atoms with E-state index in [1.807, 2.05) is 6.92 Å². The van der Waals surface area contributed by atoms with Crippen molar-refractivity contribution in [2.75, 3.05) is 18.8 Å². The minimum absolute atomic E-state index is 0.0148. The van der Waals surface area contributed by atoms with E-state index >= 15 is 0 Å². The maximum Gasteiger partial charge on any atom is 0.416 e. The second-order valence-corrected chi connectivity index (χ2v) is 9.45. The van der Waals surface area contributed by atoms with Crippen LogP contribution in [-0.2, 0) is 41.8 Å². The number of nitrogens with zero attached hydrogens (tertiary/aromatic N) is 2. The fraction of sp³-hybridized carbons (Fsp3) is 0.538. The Morgan fingerprint density at radius 2 is 1.97 bits per heavy atom. The standard InChI is InChI=1S/C18H25N3O2.C8H7F3O/c1-11-16-14(10-23-11)13-9-12(5-6-15(13)20-17(16)19)18(22)21-7-3-2-4-8-21;9-8(10,11)7-3-1-2-6(4-7)5-12/h11-12H,2-10H2,1H3,(H2,19,20);1-4,12H,5H2/t11-,12?;/m1./s1. The molecule has 5 rings (SSSR count). The Hall–Kier alpha value is -2.65. The molecule has 0 spiro atoms. The number of hydrogen-bond donors (Lipinski definition) is 2. The normalized spacial score (nSPS) is 21.6. The Labute approximate surface area is 203 Å². The Morgan fingerprint density at radius 3 is 2.66 bits per heavy atom. The van der Waals surface area contributed by atoms with E-state index in [1.165, 1.54) is 29.7 Å². The largest absolute Gasteiger partial charge is 0.416 e. The molecular formula is C26H32F3N3O3. The monoisotopic (exact) mass is 491 g/mol. The number of likely N-dealkylation sites (tertiary alicyclic amines) is 1. The Balaban J connectivity index is 0.000000204. The quantitative estimate of drug-likeness (QED) is 0.643.